The predicted molar refractivity (Wildman–Crippen MR) is 71.6 cm³/mol. The van der Waals surface area contributed by atoms with E-state index >= 15 is 0 Å². The second kappa shape index (κ2) is 8.07. The van der Waals surface area contributed by atoms with Gasteiger partial charge in [0, 0.05) is 38.9 Å². The first-order valence-corrected chi connectivity index (χ1v) is 6.86. The zero-order valence-corrected chi connectivity index (χ0v) is 12.1. The van der Waals surface area contributed by atoms with Crippen molar-refractivity contribution in [1.82, 2.24) is 9.80 Å². The molecule has 1 aliphatic heterocycles. The van der Waals surface area contributed by atoms with Crippen LogP contribution in [0, 0.1) is 0 Å². The highest BCUT2D eigenvalue weighted by Gasteiger charge is 2.32. The number of β-amino-alcohol motifs (C(OH)–C–C–N with tert-alkyl or cyclic N) is 1. The van der Waals surface area contributed by atoms with Crippen LogP contribution in [-0.2, 0) is 9.47 Å². The molecule has 5 nitrogen and oxygen atoms in total. The smallest absolute Gasteiger partial charge is 0.170 e. The van der Waals surface area contributed by atoms with E-state index in [0.717, 1.165) is 26.1 Å². The van der Waals surface area contributed by atoms with Crippen molar-refractivity contribution >= 4 is 0 Å². The third-order valence-electron chi connectivity index (χ3n) is 3.17. The van der Waals surface area contributed by atoms with Crippen molar-refractivity contribution < 1.29 is 14.6 Å². The van der Waals surface area contributed by atoms with Gasteiger partial charge in [-0.25, -0.2) is 0 Å². The first-order chi connectivity index (χ1) is 8.56. The molecule has 5 heteroatoms. The lowest BCUT2D eigenvalue weighted by Crippen LogP contribution is -2.43. The summed E-state index contributed by atoms with van der Waals surface area (Å²) in [6, 6.07) is 0.387. The molecule has 0 radical (unpaired) electrons. The maximum atomic E-state index is 9.81. The number of rotatable bonds is 8. The maximum absolute atomic E-state index is 9.81. The van der Waals surface area contributed by atoms with Crippen molar-refractivity contribution in [2.24, 2.45) is 0 Å². The average molecular weight is 260 g/mol. The highest BCUT2D eigenvalue weighted by molar-refractivity contribution is 4.86. The molecule has 2 unspecified atom stereocenters. The molecule has 1 heterocycles. The van der Waals surface area contributed by atoms with E-state index in [2.05, 4.69) is 23.9 Å². The number of ether oxygens (including phenoxy) is 2. The van der Waals surface area contributed by atoms with Crippen molar-refractivity contribution in [3.05, 3.63) is 0 Å². The normalized spacial score (nSPS) is 25.5. The van der Waals surface area contributed by atoms with E-state index in [0.29, 0.717) is 19.3 Å². The molecule has 108 valence electrons. The van der Waals surface area contributed by atoms with Gasteiger partial charge in [0.1, 0.15) is 0 Å². The van der Waals surface area contributed by atoms with Gasteiger partial charge in [-0.1, -0.05) is 0 Å². The molecule has 0 spiro atoms. The van der Waals surface area contributed by atoms with Gasteiger partial charge in [0.05, 0.1) is 6.10 Å². The van der Waals surface area contributed by atoms with E-state index in [9.17, 15) is 5.11 Å². The standard InChI is InChI=1S/C13H28N2O3/c1-5-17-13(18-6-2)10-15-9-12(16)7-11(15)8-14(3)4/h11-13,16H,5-10H2,1-4H3. The Morgan fingerprint density at radius 1 is 1.28 bits per heavy atom. The molecule has 0 amide bonds. The van der Waals surface area contributed by atoms with Gasteiger partial charge in [-0.2, -0.15) is 0 Å². The Morgan fingerprint density at radius 3 is 2.39 bits per heavy atom. The van der Waals surface area contributed by atoms with E-state index in [1.807, 2.05) is 13.8 Å². The van der Waals surface area contributed by atoms with E-state index in [1.165, 1.54) is 0 Å². The van der Waals surface area contributed by atoms with Crippen LogP contribution < -0.4 is 0 Å². The molecule has 1 fully saturated rings. The Labute approximate surface area is 111 Å². The number of hydrogen-bond donors (Lipinski definition) is 1. The molecular weight excluding hydrogens is 232 g/mol. The molecule has 18 heavy (non-hydrogen) atoms. The molecule has 0 saturated carbocycles. The van der Waals surface area contributed by atoms with Gasteiger partial charge in [0.2, 0.25) is 0 Å². The lowest BCUT2D eigenvalue weighted by atomic mass is 10.2. The van der Waals surface area contributed by atoms with Crippen LogP contribution in [-0.4, -0.2) is 80.3 Å². The van der Waals surface area contributed by atoms with Gasteiger partial charge in [-0.15, -0.1) is 0 Å². The molecule has 1 rings (SSSR count). The SMILES string of the molecule is CCOC(CN1CC(O)CC1CN(C)C)OCC. The van der Waals surface area contributed by atoms with Gasteiger partial charge in [-0.05, 0) is 34.4 Å². The summed E-state index contributed by atoms with van der Waals surface area (Å²) in [6.07, 6.45) is 0.428. The summed E-state index contributed by atoms with van der Waals surface area (Å²) in [5.41, 5.74) is 0. The first-order valence-electron chi connectivity index (χ1n) is 6.86. The van der Waals surface area contributed by atoms with Crippen LogP contribution in [0.3, 0.4) is 0 Å². The largest absolute Gasteiger partial charge is 0.392 e. The molecule has 1 aliphatic rings. The molecule has 0 aliphatic carbocycles. The summed E-state index contributed by atoms with van der Waals surface area (Å²) in [5, 5.41) is 9.81. The number of aliphatic hydroxyl groups excluding tert-OH is 1. The molecule has 0 aromatic rings. The van der Waals surface area contributed by atoms with Gasteiger partial charge < -0.3 is 19.5 Å². The fourth-order valence-electron chi connectivity index (χ4n) is 2.51. The highest BCUT2D eigenvalue weighted by atomic mass is 16.7. The third-order valence-corrected chi connectivity index (χ3v) is 3.17. The fourth-order valence-corrected chi connectivity index (χ4v) is 2.51. The molecule has 0 aromatic carbocycles. The highest BCUT2D eigenvalue weighted by Crippen LogP contribution is 2.19. The summed E-state index contributed by atoms with van der Waals surface area (Å²) >= 11 is 0. The zero-order valence-electron chi connectivity index (χ0n) is 12.1. The second-order valence-corrected chi connectivity index (χ2v) is 5.10. The average Bonchev–Trinajstić information content (AvgIpc) is 2.58. The summed E-state index contributed by atoms with van der Waals surface area (Å²) in [6.45, 7) is 7.66. The Balaban J connectivity index is 2.50. The van der Waals surface area contributed by atoms with Crippen LogP contribution in [0.4, 0.5) is 0 Å². The lowest BCUT2D eigenvalue weighted by molar-refractivity contribution is -0.148. The number of likely N-dealkylation sites (tertiary alicyclic amines) is 1. The number of aliphatic hydroxyl groups is 1. The van der Waals surface area contributed by atoms with Crippen LogP contribution >= 0.6 is 0 Å². The molecule has 0 aromatic heterocycles. The number of hydrogen-bond acceptors (Lipinski definition) is 5. The van der Waals surface area contributed by atoms with Crippen LogP contribution in [0.2, 0.25) is 0 Å². The van der Waals surface area contributed by atoms with Crippen LogP contribution in [0.25, 0.3) is 0 Å². The van der Waals surface area contributed by atoms with Crippen molar-refractivity contribution in [1.29, 1.82) is 0 Å². The summed E-state index contributed by atoms with van der Waals surface area (Å²) in [7, 11) is 4.12. The lowest BCUT2D eigenvalue weighted by Gasteiger charge is -2.29. The summed E-state index contributed by atoms with van der Waals surface area (Å²) < 4.78 is 11.1. The molecule has 0 bridgehead atoms. The van der Waals surface area contributed by atoms with E-state index < -0.39 is 0 Å². The minimum atomic E-state index is -0.223. The van der Waals surface area contributed by atoms with Gasteiger partial charge in [-0.3, -0.25) is 4.90 Å². The zero-order chi connectivity index (χ0) is 13.5. The molecule has 1 saturated heterocycles. The Hall–Kier alpha value is -0.200. The Kier molecular flexibility index (Phi) is 7.11. The molecule has 2 atom stereocenters. The molecular formula is C13H28N2O3. The van der Waals surface area contributed by atoms with Gasteiger partial charge in [0.15, 0.2) is 6.29 Å². The summed E-state index contributed by atoms with van der Waals surface area (Å²) in [4.78, 5) is 4.44. The summed E-state index contributed by atoms with van der Waals surface area (Å²) in [5.74, 6) is 0. The Morgan fingerprint density at radius 2 is 1.89 bits per heavy atom. The van der Waals surface area contributed by atoms with E-state index in [1.54, 1.807) is 0 Å². The monoisotopic (exact) mass is 260 g/mol. The van der Waals surface area contributed by atoms with Crippen molar-refractivity contribution in [3.8, 4) is 0 Å². The van der Waals surface area contributed by atoms with Crippen molar-refractivity contribution in [2.75, 3.05) is 46.9 Å². The number of nitrogens with zero attached hydrogens (tertiary/aromatic N) is 2. The third kappa shape index (κ3) is 5.20. The van der Waals surface area contributed by atoms with Crippen LogP contribution in [0.5, 0.6) is 0 Å². The Bertz CT molecular complexity index is 220. The second-order valence-electron chi connectivity index (χ2n) is 5.10. The first kappa shape index (κ1) is 15.9. The molecule has 1 N–H and O–H groups in total. The topological polar surface area (TPSA) is 45.2 Å². The van der Waals surface area contributed by atoms with Gasteiger partial charge in [0.25, 0.3) is 0 Å². The predicted octanol–water partition coefficient (Wildman–Crippen LogP) is 0.382. The quantitative estimate of drug-likeness (QED) is 0.639. The fraction of sp³-hybridized carbons (Fsp3) is 1.00. The van der Waals surface area contributed by atoms with Crippen molar-refractivity contribution in [3.63, 3.8) is 0 Å². The minimum Gasteiger partial charge on any atom is -0.392 e. The van der Waals surface area contributed by atoms with E-state index in [-0.39, 0.29) is 12.4 Å². The van der Waals surface area contributed by atoms with Gasteiger partial charge >= 0.3 is 0 Å². The van der Waals surface area contributed by atoms with Crippen LogP contribution in [0.1, 0.15) is 20.3 Å². The van der Waals surface area contributed by atoms with Crippen LogP contribution in [0.15, 0.2) is 0 Å². The van der Waals surface area contributed by atoms with Crippen molar-refractivity contribution in [2.45, 2.75) is 38.7 Å². The number of likely N-dealkylation sites (N-methyl/N-ethyl adjacent to an activating group) is 1. The minimum absolute atomic E-state index is 0.185. The maximum Gasteiger partial charge on any atom is 0.170 e. The van der Waals surface area contributed by atoms with E-state index in [4.69, 9.17) is 9.47 Å².